The standard InChI is InChI=1S/C12H18N2O4.C3H6O/c1-5-6-7-8(11(16)17)9(14-18-7)10(15)13-12(2,3)4;1-3(2)4/h5-6H2,1-4H3,(H,13,15)(H,16,17);1-2H3. The van der Waals surface area contributed by atoms with E-state index in [1.807, 2.05) is 6.92 Å². The highest BCUT2D eigenvalue weighted by Crippen LogP contribution is 2.17. The van der Waals surface area contributed by atoms with E-state index in [2.05, 4.69) is 10.5 Å². The lowest BCUT2D eigenvalue weighted by Crippen LogP contribution is -2.41. The van der Waals surface area contributed by atoms with Gasteiger partial charge in [0.25, 0.3) is 5.91 Å². The number of aromatic nitrogens is 1. The Balaban J connectivity index is 0.000000980. The summed E-state index contributed by atoms with van der Waals surface area (Å²) in [7, 11) is 0. The fourth-order valence-corrected chi connectivity index (χ4v) is 1.50. The van der Waals surface area contributed by atoms with Crippen LogP contribution in [0.15, 0.2) is 4.52 Å². The number of carboxylic acids is 1. The van der Waals surface area contributed by atoms with Crippen LogP contribution < -0.4 is 5.32 Å². The molecule has 0 aliphatic heterocycles. The Hall–Kier alpha value is -2.18. The van der Waals surface area contributed by atoms with Crippen molar-refractivity contribution in [2.75, 3.05) is 0 Å². The zero-order valence-corrected chi connectivity index (χ0v) is 13.9. The van der Waals surface area contributed by atoms with E-state index in [1.165, 1.54) is 13.8 Å². The molecule has 0 aliphatic rings. The summed E-state index contributed by atoms with van der Waals surface area (Å²) in [5.74, 6) is -1.33. The van der Waals surface area contributed by atoms with Gasteiger partial charge in [-0.25, -0.2) is 4.79 Å². The van der Waals surface area contributed by atoms with Crippen LogP contribution in [0.5, 0.6) is 0 Å². The number of carbonyl (C=O) groups excluding carboxylic acids is 2. The summed E-state index contributed by atoms with van der Waals surface area (Å²) in [5, 5.41) is 15.4. The van der Waals surface area contributed by atoms with Gasteiger partial charge in [-0.2, -0.15) is 0 Å². The predicted octanol–water partition coefficient (Wildman–Crippen LogP) is 2.45. The van der Waals surface area contributed by atoms with Crippen LogP contribution in [0.3, 0.4) is 0 Å². The molecule has 0 unspecified atom stereocenters. The molecule has 124 valence electrons. The summed E-state index contributed by atoms with van der Waals surface area (Å²) in [6.07, 6.45) is 1.16. The molecule has 0 radical (unpaired) electrons. The number of nitrogens with zero attached hydrogens (tertiary/aromatic N) is 1. The minimum atomic E-state index is -1.20. The number of carboxylic acid groups (broad SMARTS) is 1. The number of Topliss-reactive ketones (excluding diaryl/α,β-unsaturated/α-hetero) is 1. The van der Waals surface area contributed by atoms with Crippen LogP contribution in [-0.2, 0) is 11.2 Å². The monoisotopic (exact) mass is 312 g/mol. The lowest BCUT2D eigenvalue weighted by Gasteiger charge is -2.19. The minimum Gasteiger partial charge on any atom is -0.477 e. The zero-order chi connectivity index (χ0) is 17.5. The molecular weight excluding hydrogens is 288 g/mol. The first-order valence-electron chi connectivity index (χ1n) is 7.01. The van der Waals surface area contributed by atoms with Crippen LogP contribution in [0, 0.1) is 0 Å². The van der Waals surface area contributed by atoms with E-state index in [9.17, 15) is 14.4 Å². The van der Waals surface area contributed by atoms with Crippen LogP contribution in [0.4, 0.5) is 0 Å². The predicted molar refractivity (Wildman–Crippen MR) is 81.0 cm³/mol. The van der Waals surface area contributed by atoms with Crippen molar-refractivity contribution in [1.29, 1.82) is 0 Å². The number of carbonyl (C=O) groups is 3. The second-order valence-corrected chi connectivity index (χ2v) is 6.00. The van der Waals surface area contributed by atoms with Gasteiger partial charge in [-0.05, 0) is 41.0 Å². The second-order valence-electron chi connectivity index (χ2n) is 6.00. The smallest absolute Gasteiger partial charge is 0.341 e. The first-order chi connectivity index (χ1) is 9.99. The van der Waals surface area contributed by atoms with Gasteiger partial charge in [0.15, 0.2) is 11.5 Å². The van der Waals surface area contributed by atoms with E-state index in [-0.39, 0.29) is 22.8 Å². The van der Waals surface area contributed by atoms with E-state index in [0.29, 0.717) is 6.42 Å². The third-order valence-electron chi connectivity index (χ3n) is 2.16. The number of nitrogens with one attached hydrogen (secondary N) is 1. The van der Waals surface area contributed by atoms with Crippen LogP contribution in [0.1, 0.15) is 74.6 Å². The van der Waals surface area contributed by atoms with Crippen molar-refractivity contribution in [3.05, 3.63) is 17.0 Å². The van der Waals surface area contributed by atoms with Gasteiger partial charge in [-0.1, -0.05) is 12.1 Å². The molecule has 0 aliphatic carbocycles. The van der Waals surface area contributed by atoms with Crippen molar-refractivity contribution in [3.63, 3.8) is 0 Å². The quantitative estimate of drug-likeness (QED) is 0.883. The molecule has 0 bridgehead atoms. The number of aromatic carboxylic acids is 1. The Kier molecular flexibility index (Phi) is 7.49. The lowest BCUT2D eigenvalue weighted by atomic mass is 10.1. The molecule has 1 rings (SSSR count). The van der Waals surface area contributed by atoms with Gasteiger partial charge in [0.2, 0.25) is 0 Å². The maximum absolute atomic E-state index is 11.9. The number of hydrogen-bond acceptors (Lipinski definition) is 5. The summed E-state index contributed by atoms with van der Waals surface area (Å²) < 4.78 is 4.94. The van der Waals surface area contributed by atoms with E-state index in [4.69, 9.17) is 9.63 Å². The fourth-order valence-electron chi connectivity index (χ4n) is 1.50. The molecule has 0 aromatic carbocycles. The van der Waals surface area contributed by atoms with Crippen molar-refractivity contribution >= 4 is 17.7 Å². The maximum Gasteiger partial charge on any atom is 0.341 e. The summed E-state index contributed by atoms with van der Waals surface area (Å²) in [6.45, 7) is 10.4. The van der Waals surface area contributed by atoms with Gasteiger partial charge in [0.05, 0.1) is 0 Å². The van der Waals surface area contributed by atoms with Gasteiger partial charge in [0, 0.05) is 12.0 Å². The maximum atomic E-state index is 11.9. The molecular formula is C15H24N2O5. The normalized spacial score (nSPS) is 10.5. The first-order valence-corrected chi connectivity index (χ1v) is 7.01. The molecule has 1 heterocycles. The molecule has 1 aromatic rings. The van der Waals surface area contributed by atoms with E-state index >= 15 is 0 Å². The number of amides is 1. The Morgan fingerprint density at radius 3 is 2.09 bits per heavy atom. The molecule has 0 spiro atoms. The molecule has 0 fully saturated rings. The molecule has 22 heavy (non-hydrogen) atoms. The molecule has 7 nitrogen and oxygen atoms in total. The highest BCUT2D eigenvalue weighted by molar-refractivity contribution is 6.04. The van der Waals surface area contributed by atoms with Crippen LogP contribution in [-0.4, -0.2) is 33.5 Å². The largest absolute Gasteiger partial charge is 0.477 e. The number of aryl methyl sites for hydroxylation is 1. The van der Waals surface area contributed by atoms with Crippen LogP contribution in [0.25, 0.3) is 0 Å². The first kappa shape index (κ1) is 19.8. The van der Waals surface area contributed by atoms with E-state index in [0.717, 1.165) is 6.42 Å². The van der Waals surface area contributed by atoms with Crippen molar-refractivity contribution in [2.45, 2.75) is 59.9 Å². The number of ketones is 1. The third kappa shape index (κ3) is 7.01. The molecule has 0 saturated heterocycles. The zero-order valence-electron chi connectivity index (χ0n) is 13.9. The Labute approximate surface area is 130 Å². The van der Waals surface area contributed by atoms with Gasteiger partial charge in [0.1, 0.15) is 11.3 Å². The van der Waals surface area contributed by atoms with Gasteiger partial charge in [-0.3, -0.25) is 4.79 Å². The van der Waals surface area contributed by atoms with E-state index < -0.39 is 17.4 Å². The van der Waals surface area contributed by atoms with Gasteiger partial charge in [-0.15, -0.1) is 0 Å². The van der Waals surface area contributed by atoms with Crippen LogP contribution >= 0.6 is 0 Å². The van der Waals surface area contributed by atoms with Crippen molar-refractivity contribution in [1.82, 2.24) is 10.5 Å². The summed E-state index contributed by atoms with van der Waals surface area (Å²) in [4.78, 5) is 32.5. The Morgan fingerprint density at radius 1 is 1.23 bits per heavy atom. The lowest BCUT2D eigenvalue weighted by molar-refractivity contribution is -0.115. The number of rotatable bonds is 4. The van der Waals surface area contributed by atoms with Crippen LogP contribution in [0.2, 0.25) is 0 Å². The summed E-state index contributed by atoms with van der Waals surface area (Å²) in [5.41, 5.74) is -0.768. The second kappa shape index (κ2) is 8.31. The average molecular weight is 312 g/mol. The highest BCUT2D eigenvalue weighted by Gasteiger charge is 2.28. The molecule has 2 N–H and O–H groups in total. The topological polar surface area (TPSA) is 110 Å². The molecule has 1 aromatic heterocycles. The Morgan fingerprint density at radius 2 is 1.73 bits per heavy atom. The SMILES string of the molecule is CC(C)=O.CCCc1onc(C(=O)NC(C)(C)C)c1C(=O)O. The van der Waals surface area contributed by atoms with Crippen molar-refractivity contribution < 1.29 is 24.0 Å². The third-order valence-corrected chi connectivity index (χ3v) is 2.16. The Bertz CT molecular complexity index is 537. The molecule has 0 saturated carbocycles. The fraction of sp³-hybridized carbons (Fsp3) is 0.600. The summed E-state index contributed by atoms with van der Waals surface area (Å²) >= 11 is 0. The molecule has 7 heteroatoms. The van der Waals surface area contributed by atoms with E-state index in [1.54, 1.807) is 20.8 Å². The molecule has 0 atom stereocenters. The van der Waals surface area contributed by atoms with Gasteiger partial charge >= 0.3 is 5.97 Å². The molecule has 1 amide bonds. The minimum absolute atomic E-state index is 0.140. The highest BCUT2D eigenvalue weighted by atomic mass is 16.5. The van der Waals surface area contributed by atoms with Crippen molar-refractivity contribution in [2.24, 2.45) is 0 Å². The van der Waals surface area contributed by atoms with Crippen molar-refractivity contribution in [3.8, 4) is 0 Å². The average Bonchev–Trinajstić information content (AvgIpc) is 2.70. The number of hydrogen-bond donors (Lipinski definition) is 2. The van der Waals surface area contributed by atoms with Gasteiger partial charge < -0.3 is 19.7 Å². The summed E-state index contributed by atoms with van der Waals surface area (Å²) in [6, 6.07) is 0.